The molecule has 0 aromatic heterocycles. The first-order valence-corrected chi connectivity index (χ1v) is 8.15. The molecule has 8 heteroatoms. The molecule has 1 atom stereocenters. The summed E-state index contributed by atoms with van der Waals surface area (Å²) < 4.78 is 19.8. The van der Waals surface area contributed by atoms with Gasteiger partial charge in [0.05, 0.1) is 32.1 Å². The minimum Gasteiger partial charge on any atom is -0.469 e. The van der Waals surface area contributed by atoms with E-state index in [4.69, 9.17) is 14.2 Å². The Kier molecular flexibility index (Phi) is 6.46. The highest BCUT2D eigenvalue weighted by Gasteiger charge is 2.49. The van der Waals surface area contributed by atoms with Crippen molar-refractivity contribution >= 4 is 23.5 Å². The van der Waals surface area contributed by atoms with Gasteiger partial charge in [-0.3, -0.25) is 19.2 Å². The summed E-state index contributed by atoms with van der Waals surface area (Å²) in [5.41, 5.74) is -1.50. The third-order valence-electron chi connectivity index (χ3n) is 3.98. The van der Waals surface area contributed by atoms with E-state index in [9.17, 15) is 19.2 Å². The van der Waals surface area contributed by atoms with Gasteiger partial charge in [0.15, 0.2) is 0 Å². The van der Waals surface area contributed by atoms with Crippen LogP contribution in [0.5, 0.6) is 0 Å². The third kappa shape index (κ3) is 4.59. The molecule has 0 saturated heterocycles. The number of fused-ring (bicyclic) bond motifs is 1. The molecule has 0 aromatic carbocycles. The summed E-state index contributed by atoms with van der Waals surface area (Å²) in [4.78, 5) is 48.3. The van der Waals surface area contributed by atoms with Crippen LogP contribution in [0.4, 0.5) is 0 Å². The van der Waals surface area contributed by atoms with Crippen LogP contribution < -0.4 is 0 Å². The van der Waals surface area contributed by atoms with E-state index in [2.05, 4.69) is 4.74 Å². The Bertz CT molecular complexity index is 784. The van der Waals surface area contributed by atoms with Crippen LogP contribution >= 0.6 is 0 Å². The van der Waals surface area contributed by atoms with Crippen molar-refractivity contribution in [2.45, 2.75) is 25.4 Å². The number of esters is 2. The lowest BCUT2D eigenvalue weighted by Gasteiger charge is -2.31. The maximum Gasteiger partial charge on any atom is 0.307 e. The topological polar surface area (TPSA) is 105 Å². The molecule has 2 aliphatic rings. The van der Waals surface area contributed by atoms with Crippen LogP contribution in [0.15, 0.2) is 47.5 Å². The number of hydrogen-bond acceptors (Lipinski definition) is 8. The second-order valence-electron chi connectivity index (χ2n) is 5.93. The zero-order valence-corrected chi connectivity index (χ0v) is 15.3. The van der Waals surface area contributed by atoms with Crippen LogP contribution in [0.25, 0.3) is 0 Å². The number of carbonyl (C=O) groups is 4. The zero-order valence-electron chi connectivity index (χ0n) is 15.3. The first-order valence-electron chi connectivity index (χ1n) is 8.15. The molecule has 1 aliphatic heterocycles. The Labute approximate surface area is 156 Å². The van der Waals surface area contributed by atoms with E-state index >= 15 is 0 Å². The Morgan fingerprint density at radius 3 is 2.52 bits per heavy atom. The quantitative estimate of drug-likeness (QED) is 0.484. The number of hydrogen-bond donors (Lipinski definition) is 0. The van der Waals surface area contributed by atoms with Crippen LogP contribution in [-0.2, 0) is 38.1 Å². The molecule has 0 bridgehead atoms. The molecule has 27 heavy (non-hydrogen) atoms. The molecule has 1 heterocycles. The molecule has 0 aromatic rings. The number of Topliss-reactive ketones (excluding diaryl/α,β-unsaturated/α-hetero) is 1. The van der Waals surface area contributed by atoms with Gasteiger partial charge in [0, 0.05) is 7.11 Å². The lowest BCUT2D eigenvalue weighted by atomic mass is 9.80. The van der Waals surface area contributed by atoms with Gasteiger partial charge in [-0.2, -0.15) is 0 Å². The Balaban J connectivity index is 2.16. The summed E-state index contributed by atoms with van der Waals surface area (Å²) in [6.07, 6.45) is 6.83. The highest BCUT2D eigenvalue weighted by molar-refractivity contribution is 6.26. The smallest absolute Gasteiger partial charge is 0.307 e. The fraction of sp³-hybridized carbons (Fsp3) is 0.368. The molecule has 1 aliphatic carbocycles. The SMILES string of the molecule is COC/C=C/C1=CC2=CC(=O)C(C)(OC(=O)CCC(=O)OC)C(=O)C2=CO1. The molecule has 144 valence electrons. The van der Waals surface area contributed by atoms with Crippen LogP contribution in [-0.4, -0.2) is 49.9 Å². The third-order valence-corrected chi connectivity index (χ3v) is 3.98. The van der Waals surface area contributed by atoms with Gasteiger partial charge in [-0.25, -0.2) is 0 Å². The summed E-state index contributed by atoms with van der Waals surface area (Å²) in [6, 6.07) is 0. The maximum absolute atomic E-state index is 12.7. The predicted octanol–water partition coefficient (Wildman–Crippen LogP) is 1.32. The van der Waals surface area contributed by atoms with Crippen molar-refractivity contribution in [1.82, 2.24) is 0 Å². The maximum atomic E-state index is 12.7. The van der Waals surface area contributed by atoms with Crippen molar-refractivity contribution in [2.24, 2.45) is 0 Å². The van der Waals surface area contributed by atoms with Gasteiger partial charge in [-0.15, -0.1) is 0 Å². The van der Waals surface area contributed by atoms with Crippen LogP contribution in [0.2, 0.25) is 0 Å². The van der Waals surface area contributed by atoms with E-state index in [1.165, 1.54) is 32.4 Å². The molecule has 0 N–H and O–H groups in total. The normalized spacial score (nSPS) is 21.7. The summed E-state index contributed by atoms with van der Waals surface area (Å²) in [6.45, 7) is 1.60. The Hall–Kier alpha value is -3.00. The molecule has 2 rings (SSSR count). The lowest BCUT2D eigenvalue weighted by Crippen LogP contribution is -2.50. The highest BCUT2D eigenvalue weighted by Crippen LogP contribution is 2.33. The molecule has 0 fully saturated rings. The van der Waals surface area contributed by atoms with Crippen molar-refractivity contribution in [3.05, 3.63) is 47.5 Å². The summed E-state index contributed by atoms with van der Waals surface area (Å²) in [7, 11) is 2.74. The lowest BCUT2D eigenvalue weighted by molar-refractivity contribution is -0.169. The average molecular weight is 376 g/mol. The van der Waals surface area contributed by atoms with Crippen LogP contribution in [0.1, 0.15) is 19.8 Å². The van der Waals surface area contributed by atoms with Gasteiger partial charge in [0.1, 0.15) is 12.0 Å². The zero-order chi connectivity index (χ0) is 20.0. The Morgan fingerprint density at radius 1 is 1.15 bits per heavy atom. The molecule has 0 spiro atoms. The Morgan fingerprint density at radius 2 is 1.85 bits per heavy atom. The van der Waals surface area contributed by atoms with Crippen molar-refractivity contribution < 1.29 is 38.1 Å². The van der Waals surface area contributed by atoms with E-state index in [-0.39, 0.29) is 18.4 Å². The van der Waals surface area contributed by atoms with Gasteiger partial charge >= 0.3 is 11.9 Å². The van der Waals surface area contributed by atoms with Gasteiger partial charge in [-0.1, -0.05) is 6.08 Å². The summed E-state index contributed by atoms with van der Waals surface area (Å²) in [5.74, 6) is -2.36. The van der Waals surface area contributed by atoms with E-state index in [1.54, 1.807) is 19.3 Å². The predicted molar refractivity (Wildman–Crippen MR) is 92.1 cm³/mol. The molecular weight excluding hydrogens is 356 g/mol. The molecule has 1 unspecified atom stereocenters. The number of methoxy groups -OCH3 is 2. The first-order chi connectivity index (χ1) is 12.8. The second kappa shape index (κ2) is 8.59. The summed E-state index contributed by atoms with van der Waals surface area (Å²) in [5, 5.41) is 0. The summed E-state index contributed by atoms with van der Waals surface area (Å²) >= 11 is 0. The average Bonchev–Trinajstić information content (AvgIpc) is 2.64. The number of ketones is 2. The second-order valence-corrected chi connectivity index (χ2v) is 5.93. The van der Waals surface area contributed by atoms with Crippen molar-refractivity contribution in [1.29, 1.82) is 0 Å². The van der Waals surface area contributed by atoms with Gasteiger partial charge in [-0.05, 0) is 30.7 Å². The van der Waals surface area contributed by atoms with Crippen LogP contribution in [0.3, 0.4) is 0 Å². The van der Waals surface area contributed by atoms with Crippen molar-refractivity contribution in [3.8, 4) is 0 Å². The number of rotatable bonds is 7. The van der Waals surface area contributed by atoms with Crippen LogP contribution in [0, 0.1) is 0 Å². The number of ether oxygens (including phenoxy) is 4. The van der Waals surface area contributed by atoms with Gasteiger partial charge < -0.3 is 18.9 Å². The molecule has 0 amide bonds. The monoisotopic (exact) mass is 376 g/mol. The van der Waals surface area contributed by atoms with Gasteiger partial charge in [0.25, 0.3) is 0 Å². The number of carbonyl (C=O) groups excluding carboxylic acids is 4. The molecule has 0 radical (unpaired) electrons. The minimum absolute atomic E-state index is 0.127. The van der Waals surface area contributed by atoms with E-state index in [1.807, 2.05) is 0 Å². The van der Waals surface area contributed by atoms with E-state index in [0.717, 1.165) is 0 Å². The molecule has 8 nitrogen and oxygen atoms in total. The molecular formula is C19H20O8. The fourth-order valence-corrected chi connectivity index (χ4v) is 2.44. The largest absolute Gasteiger partial charge is 0.469 e. The van der Waals surface area contributed by atoms with E-state index < -0.39 is 29.1 Å². The van der Waals surface area contributed by atoms with E-state index in [0.29, 0.717) is 17.9 Å². The fourth-order valence-electron chi connectivity index (χ4n) is 2.44. The van der Waals surface area contributed by atoms with Crippen molar-refractivity contribution in [3.63, 3.8) is 0 Å². The highest BCUT2D eigenvalue weighted by atomic mass is 16.6. The number of allylic oxidation sites excluding steroid dienone is 3. The first kappa shape index (κ1) is 20.3. The minimum atomic E-state index is -2.00. The molecule has 0 saturated carbocycles. The standard InChI is InChI=1S/C19H20O8/c1-19(27-17(22)7-6-16(21)25-3)15(20)10-12-9-13(5-4-8-24-2)26-11-14(12)18(19)23/h4-5,9-11H,6-8H2,1-3H3/b5-4+. The van der Waals surface area contributed by atoms with Gasteiger partial charge in [0.2, 0.25) is 17.2 Å². The van der Waals surface area contributed by atoms with Crippen molar-refractivity contribution in [2.75, 3.05) is 20.8 Å².